The fourth-order valence-corrected chi connectivity index (χ4v) is 5.78. The van der Waals surface area contributed by atoms with Crippen molar-refractivity contribution in [2.24, 2.45) is 0 Å². The van der Waals surface area contributed by atoms with Crippen LogP contribution in [0.25, 0.3) is 0 Å². The Bertz CT molecular complexity index is 1090. The number of carbonyl (C=O) groups excluding carboxylic acids is 1. The topological polar surface area (TPSA) is 56.1 Å². The zero-order chi connectivity index (χ0) is 20.9. The maximum Gasteiger partial charge on any atom is 0.257 e. The summed E-state index contributed by atoms with van der Waals surface area (Å²) in [6, 6.07) is 20.4. The molecule has 0 saturated carbocycles. The highest BCUT2D eigenvalue weighted by Crippen LogP contribution is 2.37. The molecule has 30 heavy (non-hydrogen) atoms. The zero-order valence-electron chi connectivity index (χ0n) is 16.9. The first kappa shape index (κ1) is 20.7. The SMILES string of the molecule is CCSc1ccccc1C(=O)Nc1sc2c(c1C#N)CCN(Cc1ccccc1)C2. The minimum Gasteiger partial charge on any atom is -0.312 e. The lowest BCUT2D eigenvalue weighted by Crippen LogP contribution is -2.29. The van der Waals surface area contributed by atoms with Crippen molar-refractivity contribution < 1.29 is 4.79 Å². The minimum atomic E-state index is -0.150. The van der Waals surface area contributed by atoms with E-state index in [1.54, 1.807) is 23.1 Å². The highest BCUT2D eigenvalue weighted by atomic mass is 32.2. The Morgan fingerprint density at radius 1 is 1.20 bits per heavy atom. The van der Waals surface area contributed by atoms with Gasteiger partial charge in [0.05, 0.1) is 11.1 Å². The summed E-state index contributed by atoms with van der Waals surface area (Å²) in [5, 5.41) is 13.5. The summed E-state index contributed by atoms with van der Waals surface area (Å²) in [6.45, 7) is 4.68. The summed E-state index contributed by atoms with van der Waals surface area (Å²) in [5.41, 5.74) is 3.67. The second kappa shape index (κ2) is 9.48. The number of hydrogen-bond acceptors (Lipinski definition) is 5. The van der Waals surface area contributed by atoms with Crippen molar-refractivity contribution in [3.05, 3.63) is 81.7 Å². The first-order chi connectivity index (χ1) is 14.7. The summed E-state index contributed by atoms with van der Waals surface area (Å²) in [4.78, 5) is 17.5. The first-order valence-corrected chi connectivity index (χ1v) is 11.8. The number of benzene rings is 2. The van der Waals surface area contributed by atoms with Gasteiger partial charge in [0.25, 0.3) is 5.91 Å². The van der Waals surface area contributed by atoms with Crippen molar-refractivity contribution in [3.63, 3.8) is 0 Å². The number of thioether (sulfide) groups is 1. The van der Waals surface area contributed by atoms with Gasteiger partial charge >= 0.3 is 0 Å². The Morgan fingerprint density at radius 3 is 2.73 bits per heavy atom. The molecule has 0 bridgehead atoms. The molecule has 1 aliphatic heterocycles. The van der Waals surface area contributed by atoms with Crippen molar-refractivity contribution >= 4 is 34.0 Å². The van der Waals surface area contributed by atoms with Crippen molar-refractivity contribution in [1.29, 1.82) is 5.26 Å². The third-order valence-corrected chi connectivity index (χ3v) is 7.24. The van der Waals surface area contributed by atoms with E-state index in [9.17, 15) is 10.1 Å². The number of amides is 1. The van der Waals surface area contributed by atoms with Crippen molar-refractivity contribution in [1.82, 2.24) is 4.90 Å². The van der Waals surface area contributed by atoms with Crippen LogP contribution in [0.5, 0.6) is 0 Å². The monoisotopic (exact) mass is 433 g/mol. The minimum absolute atomic E-state index is 0.150. The molecule has 0 atom stereocenters. The highest BCUT2D eigenvalue weighted by molar-refractivity contribution is 7.99. The van der Waals surface area contributed by atoms with Gasteiger partial charge in [-0.05, 0) is 35.4 Å². The third kappa shape index (κ3) is 4.44. The predicted octanol–water partition coefficient (Wildman–Crippen LogP) is 5.54. The smallest absolute Gasteiger partial charge is 0.257 e. The van der Waals surface area contributed by atoms with E-state index in [1.807, 2.05) is 30.3 Å². The molecular formula is C24H23N3OS2. The number of anilines is 1. The number of nitrogens with zero attached hydrogens (tertiary/aromatic N) is 2. The lowest BCUT2D eigenvalue weighted by atomic mass is 10.0. The number of nitrogens with one attached hydrogen (secondary N) is 1. The molecule has 1 amide bonds. The molecule has 0 unspecified atom stereocenters. The van der Waals surface area contributed by atoms with Crippen molar-refractivity contribution in [3.8, 4) is 6.07 Å². The number of fused-ring (bicyclic) bond motifs is 1. The van der Waals surface area contributed by atoms with Crippen LogP contribution in [-0.4, -0.2) is 23.1 Å². The third-order valence-electron chi connectivity index (χ3n) is 5.16. The number of carbonyl (C=O) groups is 1. The first-order valence-electron chi connectivity index (χ1n) is 10.0. The Balaban J connectivity index is 1.54. The number of thiophene rings is 1. The number of nitriles is 1. The van der Waals surface area contributed by atoms with Gasteiger partial charge in [-0.1, -0.05) is 49.4 Å². The van der Waals surface area contributed by atoms with Crippen LogP contribution in [-0.2, 0) is 19.5 Å². The van der Waals surface area contributed by atoms with Gasteiger partial charge in [0.1, 0.15) is 11.1 Å². The fraction of sp³-hybridized carbons (Fsp3) is 0.250. The fourth-order valence-electron chi connectivity index (χ4n) is 3.75. The average molecular weight is 434 g/mol. The largest absolute Gasteiger partial charge is 0.312 e. The summed E-state index contributed by atoms with van der Waals surface area (Å²) in [7, 11) is 0. The van der Waals surface area contributed by atoms with E-state index in [0.29, 0.717) is 16.1 Å². The van der Waals surface area contributed by atoms with Gasteiger partial charge in [-0.15, -0.1) is 23.1 Å². The van der Waals surface area contributed by atoms with E-state index in [0.717, 1.165) is 42.3 Å². The van der Waals surface area contributed by atoms with E-state index in [-0.39, 0.29) is 5.91 Å². The Morgan fingerprint density at radius 2 is 1.97 bits per heavy atom. The molecule has 4 rings (SSSR count). The van der Waals surface area contributed by atoms with Crippen LogP contribution in [0.1, 0.15) is 38.8 Å². The van der Waals surface area contributed by atoms with Crippen LogP contribution < -0.4 is 5.32 Å². The van der Waals surface area contributed by atoms with Crippen molar-refractivity contribution in [2.75, 3.05) is 17.6 Å². The second-order valence-corrected chi connectivity index (χ2v) is 9.56. The van der Waals surface area contributed by atoms with Gasteiger partial charge < -0.3 is 5.32 Å². The molecule has 0 fully saturated rings. The summed E-state index contributed by atoms with van der Waals surface area (Å²) in [6.07, 6.45) is 0.833. The Kier molecular flexibility index (Phi) is 6.53. The maximum absolute atomic E-state index is 13.0. The lowest BCUT2D eigenvalue weighted by Gasteiger charge is -2.26. The standard InChI is InChI=1S/C24H23N3OS2/c1-2-29-21-11-7-6-10-19(21)23(28)26-24-20(14-25)18-12-13-27(16-22(18)30-24)15-17-8-4-3-5-9-17/h3-11H,2,12-13,15-16H2,1H3,(H,26,28). The molecule has 1 N–H and O–H groups in total. The van der Waals surface area contributed by atoms with Crippen LogP contribution in [0.4, 0.5) is 5.00 Å². The molecule has 1 aromatic heterocycles. The van der Waals surface area contributed by atoms with Gasteiger partial charge in [-0.25, -0.2) is 0 Å². The van der Waals surface area contributed by atoms with Crippen LogP contribution >= 0.6 is 23.1 Å². The Hall–Kier alpha value is -2.59. The quantitative estimate of drug-likeness (QED) is 0.519. The van der Waals surface area contributed by atoms with Gasteiger partial charge in [0, 0.05) is 29.4 Å². The normalized spacial score (nSPS) is 13.5. The maximum atomic E-state index is 13.0. The molecule has 2 heterocycles. The molecule has 0 radical (unpaired) electrons. The molecular weight excluding hydrogens is 410 g/mol. The summed E-state index contributed by atoms with van der Waals surface area (Å²) < 4.78 is 0. The van der Waals surface area contributed by atoms with Crippen LogP contribution in [0, 0.1) is 11.3 Å². The summed E-state index contributed by atoms with van der Waals surface area (Å²) in [5.74, 6) is 0.751. The van der Waals surface area contributed by atoms with Gasteiger partial charge in [-0.2, -0.15) is 5.26 Å². The number of rotatable bonds is 6. The average Bonchev–Trinajstić information content (AvgIpc) is 3.11. The van der Waals surface area contributed by atoms with E-state index >= 15 is 0 Å². The molecule has 3 aromatic rings. The highest BCUT2D eigenvalue weighted by Gasteiger charge is 2.26. The molecule has 6 heteroatoms. The van der Waals surface area contributed by atoms with Crippen LogP contribution in [0.2, 0.25) is 0 Å². The van der Waals surface area contributed by atoms with Gasteiger partial charge in [0.2, 0.25) is 0 Å². The van der Waals surface area contributed by atoms with Gasteiger partial charge in [0.15, 0.2) is 0 Å². The molecule has 0 spiro atoms. The molecule has 152 valence electrons. The second-order valence-electron chi connectivity index (χ2n) is 7.15. The van der Waals surface area contributed by atoms with Crippen LogP contribution in [0.3, 0.4) is 0 Å². The molecule has 1 aliphatic rings. The van der Waals surface area contributed by atoms with Gasteiger partial charge in [-0.3, -0.25) is 9.69 Å². The zero-order valence-corrected chi connectivity index (χ0v) is 18.5. The van der Waals surface area contributed by atoms with Crippen molar-refractivity contribution in [2.45, 2.75) is 31.3 Å². The van der Waals surface area contributed by atoms with E-state index in [2.05, 4.69) is 47.5 Å². The predicted molar refractivity (Wildman–Crippen MR) is 124 cm³/mol. The molecule has 0 saturated heterocycles. The van der Waals surface area contributed by atoms with E-state index in [1.165, 1.54) is 10.4 Å². The molecule has 2 aromatic carbocycles. The lowest BCUT2D eigenvalue weighted by molar-refractivity contribution is 0.102. The molecule has 0 aliphatic carbocycles. The van der Waals surface area contributed by atoms with E-state index in [4.69, 9.17) is 0 Å². The Labute approximate surface area is 185 Å². The number of hydrogen-bond donors (Lipinski definition) is 1. The molecule has 4 nitrogen and oxygen atoms in total. The van der Waals surface area contributed by atoms with E-state index < -0.39 is 0 Å². The van der Waals surface area contributed by atoms with Crippen LogP contribution in [0.15, 0.2) is 59.5 Å². The summed E-state index contributed by atoms with van der Waals surface area (Å²) >= 11 is 3.19.